The summed E-state index contributed by atoms with van der Waals surface area (Å²) in [6.07, 6.45) is 3.01. The Bertz CT molecular complexity index is 310. The molecule has 68 valence electrons. The number of H-pyrrole nitrogens is 2. The summed E-state index contributed by atoms with van der Waals surface area (Å²) in [7, 11) is 0. The lowest BCUT2D eigenvalue weighted by atomic mass is 10.5. The summed E-state index contributed by atoms with van der Waals surface area (Å²) in [6.45, 7) is 0.693. The molecule has 1 aromatic heterocycles. The molecule has 0 saturated heterocycles. The van der Waals surface area contributed by atoms with Crippen molar-refractivity contribution in [2.24, 2.45) is 0 Å². The normalized spacial score (nSPS) is 10.4. The maximum Gasteiger partial charge on any atom is 0.342 e. The van der Waals surface area contributed by atoms with Gasteiger partial charge >= 0.3 is 5.69 Å². The predicted octanol–water partition coefficient (Wildman–Crippen LogP) is 0.987. The van der Waals surface area contributed by atoms with Crippen LogP contribution in [-0.2, 0) is 6.54 Å². The molecule has 1 aromatic rings. The lowest BCUT2D eigenvalue weighted by molar-refractivity contribution is 0.653. The van der Waals surface area contributed by atoms with Gasteiger partial charge in [-0.3, -0.25) is 9.67 Å². The van der Waals surface area contributed by atoms with Gasteiger partial charge in [0.1, 0.15) is 0 Å². The number of nitrogens with one attached hydrogen (secondary N) is 2. The summed E-state index contributed by atoms with van der Waals surface area (Å²) < 4.78 is 2.01. The number of nitrogens with zero attached hydrogens (tertiary/aromatic N) is 1. The lowest BCUT2D eigenvalue weighted by Crippen LogP contribution is -2.17. The Kier molecular flexibility index (Phi) is 3.61. The molecule has 4 nitrogen and oxygen atoms in total. The van der Waals surface area contributed by atoms with E-state index in [4.69, 9.17) is 12.2 Å². The first-order valence-corrected chi connectivity index (χ1v) is 5.42. The van der Waals surface area contributed by atoms with Gasteiger partial charge in [-0.25, -0.2) is 9.89 Å². The highest BCUT2D eigenvalue weighted by atomic mass is 32.2. The largest absolute Gasteiger partial charge is 0.342 e. The molecule has 12 heavy (non-hydrogen) atoms. The predicted molar refractivity (Wildman–Crippen MR) is 53.2 cm³/mol. The van der Waals surface area contributed by atoms with Crippen LogP contribution in [0.25, 0.3) is 0 Å². The summed E-state index contributed by atoms with van der Waals surface area (Å²) in [5.41, 5.74) is -0.152. The van der Waals surface area contributed by atoms with E-state index >= 15 is 0 Å². The van der Waals surface area contributed by atoms with E-state index in [1.807, 2.05) is 6.26 Å². The second-order valence-electron chi connectivity index (χ2n) is 2.36. The molecule has 1 rings (SSSR count). The van der Waals surface area contributed by atoms with Gasteiger partial charge in [0.05, 0.1) is 0 Å². The zero-order valence-corrected chi connectivity index (χ0v) is 8.43. The highest BCUT2D eigenvalue weighted by molar-refractivity contribution is 7.98. The first-order chi connectivity index (χ1) is 5.75. The minimum absolute atomic E-state index is 0.152. The number of thioether (sulfide) groups is 1. The van der Waals surface area contributed by atoms with Crippen molar-refractivity contribution in [2.45, 2.75) is 13.0 Å². The molecule has 0 spiro atoms. The van der Waals surface area contributed by atoms with Crippen LogP contribution in [0.5, 0.6) is 0 Å². The fraction of sp³-hybridized carbons (Fsp3) is 0.667. The Morgan fingerprint density at radius 2 is 2.33 bits per heavy atom. The number of aromatic nitrogens is 3. The lowest BCUT2D eigenvalue weighted by Gasteiger charge is -1.97. The molecule has 0 unspecified atom stereocenters. The summed E-state index contributed by atoms with van der Waals surface area (Å²) in [6, 6.07) is 0. The summed E-state index contributed by atoms with van der Waals surface area (Å²) >= 11 is 6.66. The fourth-order valence-corrected chi connectivity index (χ4v) is 1.55. The van der Waals surface area contributed by atoms with Crippen molar-refractivity contribution in [3.05, 3.63) is 15.3 Å². The first kappa shape index (κ1) is 9.60. The Labute approximate surface area is 79.4 Å². The van der Waals surface area contributed by atoms with Crippen LogP contribution in [-0.4, -0.2) is 26.8 Å². The summed E-state index contributed by atoms with van der Waals surface area (Å²) in [5.74, 6) is 1.05. The van der Waals surface area contributed by atoms with Gasteiger partial charge in [0.2, 0.25) is 0 Å². The fourth-order valence-electron chi connectivity index (χ4n) is 0.904. The second kappa shape index (κ2) is 4.51. The topological polar surface area (TPSA) is 53.6 Å². The highest BCUT2D eigenvalue weighted by Crippen LogP contribution is 1.96. The number of aromatic amines is 2. The van der Waals surface area contributed by atoms with Crippen molar-refractivity contribution < 1.29 is 0 Å². The van der Waals surface area contributed by atoms with Gasteiger partial charge in [0.15, 0.2) is 4.77 Å². The number of rotatable bonds is 4. The summed E-state index contributed by atoms with van der Waals surface area (Å²) in [4.78, 5) is 11.0. The maximum absolute atomic E-state index is 11.0. The van der Waals surface area contributed by atoms with Gasteiger partial charge < -0.3 is 0 Å². The molecule has 0 amide bonds. The van der Waals surface area contributed by atoms with E-state index in [9.17, 15) is 4.79 Å². The quantitative estimate of drug-likeness (QED) is 0.569. The van der Waals surface area contributed by atoms with Gasteiger partial charge in [0.25, 0.3) is 0 Å². The van der Waals surface area contributed by atoms with E-state index in [0.717, 1.165) is 12.2 Å². The zero-order valence-electron chi connectivity index (χ0n) is 6.79. The molecule has 0 aliphatic carbocycles. The Balaban J connectivity index is 2.62. The third-order valence-electron chi connectivity index (χ3n) is 1.50. The zero-order chi connectivity index (χ0) is 8.97. The van der Waals surface area contributed by atoms with Gasteiger partial charge in [-0.05, 0) is 30.6 Å². The first-order valence-electron chi connectivity index (χ1n) is 3.62. The molecule has 0 bridgehead atoms. The maximum atomic E-state index is 11.0. The third-order valence-corrected chi connectivity index (χ3v) is 2.52. The van der Waals surface area contributed by atoms with Gasteiger partial charge in [-0.2, -0.15) is 11.8 Å². The Morgan fingerprint density at radius 1 is 1.58 bits per heavy atom. The minimum atomic E-state index is -0.152. The molecule has 1 heterocycles. The van der Waals surface area contributed by atoms with Crippen LogP contribution in [0.2, 0.25) is 0 Å². The molecule has 0 fully saturated rings. The Hall–Kier alpha value is -0.490. The monoisotopic (exact) mass is 205 g/mol. The van der Waals surface area contributed by atoms with Crippen LogP contribution in [0.15, 0.2) is 4.79 Å². The molecule has 0 atom stereocenters. The number of hydrogen-bond acceptors (Lipinski definition) is 3. The van der Waals surface area contributed by atoms with E-state index in [2.05, 4.69) is 10.2 Å². The molecule has 0 radical (unpaired) electrons. The molecule has 6 heteroatoms. The molecule has 0 aromatic carbocycles. The summed E-state index contributed by atoms with van der Waals surface area (Å²) in [5, 5.41) is 5.03. The van der Waals surface area contributed by atoms with Crippen LogP contribution in [0.3, 0.4) is 0 Å². The SMILES string of the molecule is CSCCCn1c(=O)[nH][nH]c1=S. The average molecular weight is 205 g/mol. The number of hydrogen-bond donors (Lipinski definition) is 2. The van der Waals surface area contributed by atoms with Gasteiger partial charge in [-0.1, -0.05) is 0 Å². The van der Waals surface area contributed by atoms with Gasteiger partial charge in [-0.15, -0.1) is 0 Å². The smallest absolute Gasteiger partial charge is 0.272 e. The van der Waals surface area contributed by atoms with Crippen molar-refractivity contribution in [1.82, 2.24) is 14.8 Å². The van der Waals surface area contributed by atoms with Crippen LogP contribution >= 0.6 is 24.0 Å². The molecule has 0 aliphatic heterocycles. The second-order valence-corrected chi connectivity index (χ2v) is 3.73. The standard InChI is InChI=1S/C6H11N3OS2/c1-12-4-2-3-9-5(10)7-8-6(9)11/h2-4H2,1H3,(H,7,10)(H,8,11). The van der Waals surface area contributed by atoms with Crippen LogP contribution < -0.4 is 5.69 Å². The van der Waals surface area contributed by atoms with Crippen molar-refractivity contribution >= 4 is 24.0 Å². The minimum Gasteiger partial charge on any atom is -0.272 e. The van der Waals surface area contributed by atoms with Crippen molar-refractivity contribution in [2.75, 3.05) is 12.0 Å². The third kappa shape index (κ3) is 2.25. The molecule has 2 N–H and O–H groups in total. The van der Waals surface area contributed by atoms with Crippen LogP contribution in [0.1, 0.15) is 6.42 Å². The molecular formula is C6H11N3OS2. The van der Waals surface area contributed by atoms with Crippen molar-refractivity contribution in [1.29, 1.82) is 0 Å². The highest BCUT2D eigenvalue weighted by Gasteiger charge is 1.97. The molecule has 0 aliphatic rings. The molecular weight excluding hydrogens is 194 g/mol. The van der Waals surface area contributed by atoms with E-state index in [0.29, 0.717) is 11.3 Å². The van der Waals surface area contributed by atoms with Crippen LogP contribution in [0.4, 0.5) is 0 Å². The Morgan fingerprint density at radius 3 is 2.83 bits per heavy atom. The average Bonchev–Trinajstić information content (AvgIpc) is 2.35. The van der Waals surface area contributed by atoms with Crippen molar-refractivity contribution in [3.8, 4) is 0 Å². The molecule has 0 saturated carbocycles. The van der Waals surface area contributed by atoms with Gasteiger partial charge in [0, 0.05) is 6.54 Å². The van der Waals surface area contributed by atoms with Crippen LogP contribution in [0, 0.1) is 4.77 Å². The van der Waals surface area contributed by atoms with E-state index in [1.165, 1.54) is 4.57 Å². The van der Waals surface area contributed by atoms with E-state index in [1.54, 1.807) is 11.8 Å². The van der Waals surface area contributed by atoms with Crippen molar-refractivity contribution in [3.63, 3.8) is 0 Å². The van der Waals surface area contributed by atoms with E-state index in [-0.39, 0.29) is 5.69 Å². The van der Waals surface area contributed by atoms with E-state index < -0.39 is 0 Å².